The molecule has 0 unspecified atom stereocenters. The van der Waals surface area contributed by atoms with E-state index in [9.17, 15) is 4.79 Å². The largest absolute Gasteiger partial charge is 0.493 e. The fourth-order valence-corrected chi connectivity index (χ4v) is 1.38. The van der Waals surface area contributed by atoms with E-state index in [-0.39, 0.29) is 12.3 Å². The van der Waals surface area contributed by atoms with Gasteiger partial charge in [0.25, 0.3) is 0 Å². The van der Waals surface area contributed by atoms with Crippen LogP contribution in [-0.2, 0) is 16.1 Å². The monoisotopic (exact) mass is 239 g/mol. The molecule has 17 heavy (non-hydrogen) atoms. The molecule has 0 atom stereocenters. The number of likely N-dealkylation sites (N-methyl/N-ethyl adjacent to an activating group) is 1. The van der Waals surface area contributed by atoms with E-state index in [1.54, 1.807) is 33.4 Å². The Morgan fingerprint density at radius 2 is 1.82 bits per heavy atom. The highest BCUT2D eigenvalue weighted by Gasteiger charge is 2.11. The predicted octanol–water partition coefficient (Wildman–Crippen LogP) is 1.27. The van der Waals surface area contributed by atoms with E-state index < -0.39 is 0 Å². The minimum atomic E-state index is -0.125. The summed E-state index contributed by atoms with van der Waals surface area (Å²) < 4.78 is 10.3. The molecule has 0 aliphatic rings. The molecule has 1 aromatic rings. The van der Waals surface area contributed by atoms with Crippen LogP contribution in [0.3, 0.4) is 0 Å². The molecule has 0 aromatic heterocycles. The number of ether oxygens (including phenoxy) is 2. The number of nitrogens with zero attached hydrogens (tertiary/aromatic N) is 1. The van der Waals surface area contributed by atoms with Crippen LogP contribution in [0.2, 0.25) is 0 Å². The van der Waals surface area contributed by atoms with Gasteiger partial charge in [0, 0.05) is 7.05 Å². The van der Waals surface area contributed by atoms with Crippen LogP contribution in [0.1, 0.15) is 5.56 Å². The maximum absolute atomic E-state index is 11.6. The number of carbonyl (C=O) groups excluding carboxylic acids is 1. The van der Waals surface area contributed by atoms with Gasteiger partial charge in [-0.05, 0) is 17.7 Å². The Morgan fingerprint density at radius 3 is 2.35 bits per heavy atom. The van der Waals surface area contributed by atoms with Crippen molar-refractivity contribution in [3.63, 3.8) is 0 Å². The first-order valence-electron chi connectivity index (χ1n) is 5.14. The van der Waals surface area contributed by atoms with Crippen molar-refractivity contribution < 1.29 is 19.1 Å². The molecular formula is C12H17NO4. The zero-order valence-corrected chi connectivity index (χ0v) is 10.5. The van der Waals surface area contributed by atoms with Crippen LogP contribution >= 0.6 is 0 Å². The van der Waals surface area contributed by atoms with Gasteiger partial charge in [0.1, 0.15) is 0 Å². The Kier molecular flexibility index (Phi) is 4.78. The first-order chi connectivity index (χ1) is 8.12. The first-order valence-corrected chi connectivity index (χ1v) is 5.14. The second-order valence-corrected chi connectivity index (χ2v) is 3.44. The molecule has 0 saturated carbocycles. The lowest BCUT2D eigenvalue weighted by Gasteiger charge is -2.14. The second-order valence-electron chi connectivity index (χ2n) is 3.44. The van der Waals surface area contributed by atoms with Gasteiger partial charge in [-0.15, -0.1) is 0 Å². The van der Waals surface area contributed by atoms with E-state index in [4.69, 9.17) is 14.3 Å². The molecule has 0 aliphatic heterocycles. The highest BCUT2D eigenvalue weighted by Crippen LogP contribution is 2.27. The molecule has 1 rings (SSSR count). The topological polar surface area (TPSA) is 48.0 Å². The van der Waals surface area contributed by atoms with Crippen LogP contribution in [0.4, 0.5) is 0 Å². The number of amides is 1. The maximum atomic E-state index is 11.6. The van der Waals surface area contributed by atoms with Crippen molar-refractivity contribution in [1.29, 1.82) is 0 Å². The molecule has 1 aromatic carbocycles. The number of hydroxylamine groups is 2. The highest BCUT2D eigenvalue weighted by molar-refractivity contribution is 5.77. The minimum absolute atomic E-state index is 0.125. The molecule has 0 saturated heterocycles. The summed E-state index contributed by atoms with van der Waals surface area (Å²) in [6.45, 7) is 0. The Morgan fingerprint density at radius 1 is 1.18 bits per heavy atom. The third-order valence-electron chi connectivity index (χ3n) is 2.43. The summed E-state index contributed by atoms with van der Waals surface area (Å²) in [6, 6.07) is 5.37. The van der Waals surface area contributed by atoms with Gasteiger partial charge in [-0.25, -0.2) is 5.06 Å². The number of benzene rings is 1. The molecule has 0 bridgehead atoms. The average Bonchev–Trinajstić information content (AvgIpc) is 2.37. The summed E-state index contributed by atoms with van der Waals surface area (Å²) in [5, 5.41) is 1.19. The van der Waals surface area contributed by atoms with Crippen molar-refractivity contribution in [2.75, 3.05) is 28.4 Å². The molecule has 5 heteroatoms. The van der Waals surface area contributed by atoms with Crippen LogP contribution in [-0.4, -0.2) is 39.3 Å². The van der Waals surface area contributed by atoms with Crippen LogP contribution < -0.4 is 9.47 Å². The zero-order chi connectivity index (χ0) is 12.8. The van der Waals surface area contributed by atoms with Gasteiger partial charge in [0.15, 0.2) is 11.5 Å². The van der Waals surface area contributed by atoms with Crippen LogP contribution in [0, 0.1) is 0 Å². The predicted molar refractivity (Wildman–Crippen MR) is 63.0 cm³/mol. The van der Waals surface area contributed by atoms with Gasteiger partial charge in [-0.3, -0.25) is 9.63 Å². The summed E-state index contributed by atoms with van der Waals surface area (Å²) in [7, 11) is 6.15. The Bertz CT molecular complexity index is 392. The lowest BCUT2D eigenvalue weighted by atomic mass is 10.1. The first kappa shape index (κ1) is 13.3. The number of rotatable bonds is 5. The zero-order valence-electron chi connectivity index (χ0n) is 10.5. The molecule has 5 nitrogen and oxygen atoms in total. The fraction of sp³-hybridized carbons (Fsp3) is 0.417. The van der Waals surface area contributed by atoms with Gasteiger partial charge in [-0.2, -0.15) is 0 Å². The average molecular weight is 239 g/mol. The number of hydrogen-bond donors (Lipinski definition) is 0. The summed E-state index contributed by atoms with van der Waals surface area (Å²) >= 11 is 0. The quantitative estimate of drug-likeness (QED) is 0.726. The van der Waals surface area contributed by atoms with Crippen molar-refractivity contribution in [3.8, 4) is 11.5 Å². The molecular weight excluding hydrogens is 222 g/mol. The number of hydrogen-bond acceptors (Lipinski definition) is 4. The molecule has 0 spiro atoms. The molecule has 1 amide bonds. The third-order valence-corrected chi connectivity index (χ3v) is 2.43. The number of methoxy groups -OCH3 is 2. The van der Waals surface area contributed by atoms with Crippen molar-refractivity contribution in [1.82, 2.24) is 5.06 Å². The Balaban J connectivity index is 2.82. The summed E-state index contributed by atoms with van der Waals surface area (Å²) in [4.78, 5) is 16.4. The lowest BCUT2D eigenvalue weighted by molar-refractivity contribution is -0.167. The van der Waals surface area contributed by atoms with Gasteiger partial charge in [-0.1, -0.05) is 6.07 Å². The fourth-order valence-electron chi connectivity index (χ4n) is 1.38. The lowest BCUT2D eigenvalue weighted by Crippen LogP contribution is -2.26. The van der Waals surface area contributed by atoms with Crippen molar-refractivity contribution in [3.05, 3.63) is 23.8 Å². The number of carbonyl (C=O) groups is 1. The smallest absolute Gasteiger partial charge is 0.250 e. The van der Waals surface area contributed by atoms with E-state index in [1.165, 1.54) is 12.2 Å². The SMILES string of the molecule is COc1ccc(CC(=O)N(C)OC)cc1OC. The Labute approximate surface area is 101 Å². The Hall–Kier alpha value is -1.75. The molecule has 0 radical (unpaired) electrons. The molecule has 94 valence electrons. The van der Waals surface area contributed by atoms with E-state index in [0.717, 1.165) is 5.56 Å². The van der Waals surface area contributed by atoms with Gasteiger partial charge in [0.2, 0.25) is 5.91 Å². The van der Waals surface area contributed by atoms with E-state index >= 15 is 0 Å². The van der Waals surface area contributed by atoms with E-state index in [1.807, 2.05) is 6.07 Å². The van der Waals surface area contributed by atoms with Gasteiger partial charge < -0.3 is 9.47 Å². The van der Waals surface area contributed by atoms with Crippen molar-refractivity contribution >= 4 is 5.91 Å². The maximum Gasteiger partial charge on any atom is 0.250 e. The summed E-state index contributed by atoms with van der Waals surface area (Å²) in [6.07, 6.45) is 0.255. The summed E-state index contributed by atoms with van der Waals surface area (Å²) in [5.74, 6) is 1.13. The van der Waals surface area contributed by atoms with Crippen LogP contribution in [0.25, 0.3) is 0 Å². The van der Waals surface area contributed by atoms with Crippen LogP contribution in [0.5, 0.6) is 11.5 Å². The van der Waals surface area contributed by atoms with E-state index in [2.05, 4.69) is 0 Å². The second kappa shape index (κ2) is 6.10. The van der Waals surface area contributed by atoms with Crippen molar-refractivity contribution in [2.24, 2.45) is 0 Å². The highest BCUT2D eigenvalue weighted by atomic mass is 16.7. The normalized spacial score (nSPS) is 9.88. The third kappa shape index (κ3) is 3.35. The standard InChI is InChI=1S/C12H17NO4/c1-13(17-4)12(14)8-9-5-6-10(15-2)11(7-9)16-3/h5-7H,8H2,1-4H3. The molecule has 0 N–H and O–H groups in total. The molecule has 0 aliphatic carbocycles. The van der Waals surface area contributed by atoms with E-state index in [0.29, 0.717) is 11.5 Å². The van der Waals surface area contributed by atoms with Crippen LogP contribution in [0.15, 0.2) is 18.2 Å². The molecule has 0 heterocycles. The van der Waals surface area contributed by atoms with Gasteiger partial charge in [0.05, 0.1) is 27.8 Å². The molecule has 0 fully saturated rings. The summed E-state index contributed by atoms with van der Waals surface area (Å²) in [5.41, 5.74) is 0.844. The minimum Gasteiger partial charge on any atom is -0.493 e. The van der Waals surface area contributed by atoms with Gasteiger partial charge >= 0.3 is 0 Å². The van der Waals surface area contributed by atoms with Crippen molar-refractivity contribution in [2.45, 2.75) is 6.42 Å².